The maximum atomic E-state index is 11.8. The van der Waals surface area contributed by atoms with Crippen molar-refractivity contribution in [2.75, 3.05) is 19.2 Å². The molecule has 3 aromatic rings. The lowest BCUT2D eigenvalue weighted by Crippen LogP contribution is -2.06. The number of imidazole rings is 1. The van der Waals surface area contributed by atoms with Crippen LogP contribution in [0.5, 0.6) is 11.5 Å². The number of carbonyl (C=O) groups is 1. The van der Waals surface area contributed by atoms with E-state index < -0.39 is 0 Å². The summed E-state index contributed by atoms with van der Waals surface area (Å²) in [5.41, 5.74) is 2.48. The molecular weight excluding hydrogens is 400 g/mol. The van der Waals surface area contributed by atoms with Crippen LogP contribution in [0.2, 0.25) is 5.02 Å². The Hall–Kier alpha value is -2.64. The summed E-state index contributed by atoms with van der Waals surface area (Å²) in [6.07, 6.45) is 0. The summed E-state index contributed by atoms with van der Waals surface area (Å²) in [5, 5.41) is 1.20. The van der Waals surface area contributed by atoms with E-state index in [1.807, 2.05) is 30.3 Å². The molecule has 0 radical (unpaired) electrons. The predicted molar refractivity (Wildman–Crippen MR) is 108 cm³/mol. The van der Waals surface area contributed by atoms with Gasteiger partial charge in [-0.15, -0.1) is 0 Å². The van der Waals surface area contributed by atoms with Crippen molar-refractivity contribution in [2.45, 2.75) is 11.9 Å². The Morgan fingerprint density at radius 1 is 1.25 bits per heavy atom. The van der Waals surface area contributed by atoms with Gasteiger partial charge in [0.2, 0.25) is 6.79 Å². The van der Waals surface area contributed by atoms with Crippen LogP contribution in [0.1, 0.15) is 6.92 Å². The molecule has 2 heterocycles. The minimum Gasteiger partial charge on any atom is -0.465 e. The average Bonchev–Trinajstić information content (AvgIpc) is 3.33. The zero-order chi connectivity index (χ0) is 19.5. The van der Waals surface area contributed by atoms with Crippen LogP contribution in [0.4, 0.5) is 0 Å². The molecule has 2 aromatic carbocycles. The molecule has 1 aromatic heterocycles. The van der Waals surface area contributed by atoms with E-state index in [0.29, 0.717) is 39.5 Å². The van der Waals surface area contributed by atoms with Gasteiger partial charge in [0.05, 0.1) is 23.1 Å². The summed E-state index contributed by atoms with van der Waals surface area (Å²) < 4.78 is 15.8. The molecule has 8 heteroatoms. The molecule has 0 saturated heterocycles. The van der Waals surface area contributed by atoms with Crippen molar-refractivity contribution < 1.29 is 19.0 Å². The smallest absolute Gasteiger partial charge is 0.316 e. The molecule has 0 atom stereocenters. The number of hydrogen-bond acceptors (Lipinski definition) is 6. The Morgan fingerprint density at radius 2 is 2.00 bits per heavy atom. The van der Waals surface area contributed by atoms with E-state index in [4.69, 9.17) is 30.8 Å². The SMILES string of the molecule is CCOC(=O)CSc1nc(-c2cc3c(cc2Cl)OCO3)[nH]c1-c1ccccc1. The average molecular weight is 417 g/mol. The van der Waals surface area contributed by atoms with Crippen LogP contribution in [0, 0.1) is 0 Å². The van der Waals surface area contributed by atoms with E-state index in [2.05, 4.69) is 4.98 Å². The number of nitrogens with one attached hydrogen (secondary N) is 1. The quantitative estimate of drug-likeness (QED) is 0.460. The Labute approximate surface area is 171 Å². The number of benzene rings is 2. The number of rotatable bonds is 6. The Morgan fingerprint density at radius 3 is 2.75 bits per heavy atom. The topological polar surface area (TPSA) is 73.4 Å². The normalized spacial score (nSPS) is 12.2. The molecule has 0 spiro atoms. The van der Waals surface area contributed by atoms with Crippen molar-refractivity contribution in [2.24, 2.45) is 0 Å². The second-order valence-electron chi connectivity index (χ2n) is 5.91. The molecule has 0 aliphatic carbocycles. The van der Waals surface area contributed by atoms with Crippen LogP contribution < -0.4 is 9.47 Å². The highest BCUT2D eigenvalue weighted by Gasteiger charge is 2.21. The first-order valence-electron chi connectivity index (χ1n) is 8.69. The van der Waals surface area contributed by atoms with Gasteiger partial charge in [-0.05, 0) is 13.0 Å². The second-order valence-corrected chi connectivity index (χ2v) is 7.28. The van der Waals surface area contributed by atoms with Gasteiger partial charge in [0.15, 0.2) is 11.5 Å². The van der Waals surface area contributed by atoms with Gasteiger partial charge in [-0.1, -0.05) is 53.7 Å². The molecular formula is C20H17ClN2O4S. The lowest BCUT2D eigenvalue weighted by Gasteiger charge is -2.03. The molecule has 0 fully saturated rings. The number of aromatic nitrogens is 2. The van der Waals surface area contributed by atoms with E-state index in [1.165, 1.54) is 11.8 Å². The first kappa shape index (κ1) is 18.7. The van der Waals surface area contributed by atoms with Gasteiger partial charge in [0.25, 0.3) is 0 Å². The number of ether oxygens (including phenoxy) is 3. The first-order valence-corrected chi connectivity index (χ1v) is 10.1. The maximum Gasteiger partial charge on any atom is 0.316 e. The lowest BCUT2D eigenvalue weighted by atomic mass is 10.1. The predicted octanol–water partition coefficient (Wildman–Crippen LogP) is 4.78. The van der Waals surface area contributed by atoms with Gasteiger partial charge >= 0.3 is 5.97 Å². The van der Waals surface area contributed by atoms with Crippen LogP contribution in [0.3, 0.4) is 0 Å². The molecule has 0 amide bonds. The van der Waals surface area contributed by atoms with Gasteiger partial charge in [0.1, 0.15) is 10.9 Å². The van der Waals surface area contributed by atoms with Crippen molar-refractivity contribution in [3.63, 3.8) is 0 Å². The largest absolute Gasteiger partial charge is 0.465 e. The number of carbonyl (C=O) groups excluding carboxylic acids is 1. The van der Waals surface area contributed by atoms with Gasteiger partial charge in [-0.3, -0.25) is 4.79 Å². The number of hydrogen-bond donors (Lipinski definition) is 1. The van der Waals surface area contributed by atoms with Crippen LogP contribution >= 0.6 is 23.4 Å². The third-order valence-corrected chi connectivity index (χ3v) is 5.34. The molecule has 1 aliphatic heterocycles. The number of nitrogens with zero attached hydrogens (tertiary/aromatic N) is 1. The molecule has 1 N–H and O–H groups in total. The number of H-pyrrole nitrogens is 1. The molecule has 0 saturated carbocycles. The van der Waals surface area contributed by atoms with Crippen molar-refractivity contribution >= 4 is 29.3 Å². The maximum absolute atomic E-state index is 11.8. The summed E-state index contributed by atoms with van der Waals surface area (Å²) in [4.78, 5) is 19.8. The lowest BCUT2D eigenvalue weighted by molar-refractivity contribution is -0.139. The standard InChI is InChI=1S/C20H17ClN2O4S/c1-2-25-17(24)10-28-20-18(12-6-4-3-5-7-12)22-19(23-20)13-8-15-16(9-14(13)21)27-11-26-15/h3-9H,2,10-11H2,1H3,(H,22,23). The first-order chi connectivity index (χ1) is 13.7. The van der Waals surface area contributed by atoms with Gasteiger partial charge in [0, 0.05) is 17.2 Å². The second kappa shape index (κ2) is 8.16. The third-order valence-electron chi connectivity index (χ3n) is 4.08. The highest BCUT2D eigenvalue weighted by molar-refractivity contribution is 8.00. The van der Waals surface area contributed by atoms with Crippen molar-refractivity contribution in [3.8, 4) is 34.1 Å². The number of halogens is 1. The van der Waals surface area contributed by atoms with Crippen LogP contribution in [-0.2, 0) is 9.53 Å². The minimum atomic E-state index is -0.280. The summed E-state index contributed by atoms with van der Waals surface area (Å²) in [7, 11) is 0. The van der Waals surface area contributed by atoms with Crippen molar-refractivity contribution in [3.05, 3.63) is 47.5 Å². The Balaban J connectivity index is 1.72. The summed E-state index contributed by atoms with van der Waals surface area (Å²) in [6, 6.07) is 13.3. The molecule has 144 valence electrons. The van der Waals surface area contributed by atoms with Crippen molar-refractivity contribution in [1.82, 2.24) is 9.97 Å². The fourth-order valence-corrected chi connectivity index (χ4v) is 3.87. The van der Waals surface area contributed by atoms with Crippen LogP contribution in [-0.4, -0.2) is 35.1 Å². The monoisotopic (exact) mass is 416 g/mol. The summed E-state index contributed by atoms with van der Waals surface area (Å²) >= 11 is 7.76. The molecule has 1 aliphatic rings. The fraction of sp³-hybridized carbons (Fsp3) is 0.200. The van der Waals surface area contributed by atoms with Crippen LogP contribution in [0.15, 0.2) is 47.5 Å². The van der Waals surface area contributed by atoms with Gasteiger partial charge < -0.3 is 19.2 Å². The Kier molecular flexibility index (Phi) is 5.45. The number of aromatic amines is 1. The third kappa shape index (κ3) is 3.81. The molecule has 6 nitrogen and oxygen atoms in total. The summed E-state index contributed by atoms with van der Waals surface area (Å²) in [5.74, 6) is 1.72. The van der Waals surface area contributed by atoms with E-state index in [9.17, 15) is 4.79 Å². The molecule has 0 unspecified atom stereocenters. The number of thioether (sulfide) groups is 1. The molecule has 0 bridgehead atoms. The Bertz CT molecular complexity index is 1010. The number of esters is 1. The zero-order valence-electron chi connectivity index (χ0n) is 15.0. The van der Waals surface area contributed by atoms with E-state index in [0.717, 1.165) is 11.3 Å². The highest BCUT2D eigenvalue weighted by atomic mass is 35.5. The number of fused-ring (bicyclic) bond motifs is 1. The van der Waals surface area contributed by atoms with Gasteiger partial charge in [-0.25, -0.2) is 4.98 Å². The van der Waals surface area contributed by atoms with Crippen molar-refractivity contribution in [1.29, 1.82) is 0 Å². The highest BCUT2D eigenvalue weighted by Crippen LogP contribution is 2.41. The minimum absolute atomic E-state index is 0.170. The molecule has 28 heavy (non-hydrogen) atoms. The fourth-order valence-electron chi connectivity index (χ4n) is 2.82. The van der Waals surface area contributed by atoms with E-state index in [-0.39, 0.29) is 18.5 Å². The van der Waals surface area contributed by atoms with Gasteiger partial charge in [-0.2, -0.15) is 0 Å². The molecule has 4 rings (SSSR count). The van der Waals surface area contributed by atoms with E-state index in [1.54, 1.807) is 19.1 Å². The summed E-state index contributed by atoms with van der Waals surface area (Å²) in [6.45, 7) is 2.30. The van der Waals surface area contributed by atoms with E-state index >= 15 is 0 Å². The zero-order valence-corrected chi connectivity index (χ0v) is 16.6. The van der Waals surface area contributed by atoms with Crippen LogP contribution in [0.25, 0.3) is 22.6 Å².